The van der Waals surface area contributed by atoms with E-state index in [1.165, 1.54) is 37.3 Å². The van der Waals surface area contributed by atoms with Gasteiger partial charge in [-0.2, -0.15) is 0 Å². The summed E-state index contributed by atoms with van der Waals surface area (Å²) in [6, 6.07) is 19.1. The predicted octanol–water partition coefficient (Wildman–Crippen LogP) is 4.77. The third kappa shape index (κ3) is 7.63. The molecule has 1 aliphatic rings. The highest BCUT2D eigenvalue weighted by Crippen LogP contribution is 2.36. The van der Waals surface area contributed by atoms with E-state index in [0.29, 0.717) is 17.9 Å². The van der Waals surface area contributed by atoms with Crippen molar-refractivity contribution in [2.75, 3.05) is 32.2 Å². The van der Waals surface area contributed by atoms with E-state index in [2.05, 4.69) is 5.32 Å². The highest BCUT2D eigenvalue weighted by Gasteiger charge is 2.35. The predicted molar refractivity (Wildman–Crippen MR) is 169 cm³/mol. The van der Waals surface area contributed by atoms with E-state index in [0.717, 1.165) is 35.6 Å². The Morgan fingerprint density at radius 3 is 2.20 bits per heavy atom. The molecule has 44 heavy (non-hydrogen) atoms. The van der Waals surface area contributed by atoms with Gasteiger partial charge in [0.15, 0.2) is 0 Å². The van der Waals surface area contributed by atoms with Gasteiger partial charge in [0, 0.05) is 18.7 Å². The maximum Gasteiger partial charge on any atom is 0.264 e. The van der Waals surface area contributed by atoms with Crippen LogP contribution in [0.15, 0.2) is 77.7 Å². The van der Waals surface area contributed by atoms with Gasteiger partial charge in [0.25, 0.3) is 10.0 Å². The van der Waals surface area contributed by atoms with Crippen molar-refractivity contribution in [1.82, 2.24) is 10.2 Å². The first-order chi connectivity index (χ1) is 21.2. The fraction of sp³-hybridized carbons (Fsp3) is 0.394. The summed E-state index contributed by atoms with van der Waals surface area (Å²) in [5.41, 5.74) is 0.870. The number of nitrogens with one attached hydrogen (secondary N) is 1. The number of carbonyl (C=O) groups excluding carboxylic acids is 2. The van der Waals surface area contributed by atoms with E-state index in [4.69, 9.17) is 14.2 Å². The lowest BCUT2D eigenvalue weighted by Crippen LogP contribution is -2.53. The van der Waals surface area contributed by atoms with E-state index in [9.17, 15) is 18.0 Å². The smallest absolute Gasteiger partial charge is 0.264 e. The minimum atomic E-state index is -4.27. The first-order valence-corrected chi connectivity index (χ1v) is 16.2. The highest BCUT2D eigenvalue weighted by molar-refractivity contribution is 7.92. The maximum absolute atomic E-state index is 14.4. The monoisotopic (exact) mass is 623 g/mol. The van der Waals surface area contributed by atoms with Gasteiger partial charge in [-0.15, -0.1) is 0 Å². The Bertz CT molecular complexity index is 1530. The molecule has 1 fully saturated rings. The summed E-state index contributed by atoms with van der Waals surface area (Å²) in [6.45, 7) is 1.33. The highest BCUT2D eigenvalue weighted by atomic mass is 32.2. The molecule has 11 heteroatoms. The minimum Gasteiger partial charge on any atom is -0.497 e. The second kappa shape index (κ2) is 15.0. The number of sulfonamides is 1. The van der Waals surface area contributed by atoms with Crippen LogP contribution in [-0.2, 0) is 26.2 Å². The summed E-state index contributed by atoms with van der Waals surface area (Å²) in [4.78, 5) is 29.5. The number of hydrogen-bond acceptors (Lipinski definition) is 7. The number of benzene rings is 3. The summed E-state index contributed by atoms with van der Waals surface area (Å²) >= 11 is 0. The van der Waals surface area contributed by atoms with Crippen LogP contribution in [0, 0.1) is 0 Å². The molecule has 0 heterocycles. The molecule has 0 saturated heterocycles. The SMILES string of the molecule is CCC(C(=O)NC1CCCC1)N(Cc1cccc(OC)c1)C(=O)CN(c1cc(OC)ccc1OC)S(=O)(=O)c1ccccc1. The molecule has 1 atom stereocenters. The standard InChI is InChI=1S/C33H41N3O7S/c1-5-29(33(38)34-25-13-9-10-14-25)35(22-24-12-11-15-26(20-24)41-2)32(37)23-36(44(39,40)28-16-7-6-8-17-28)30-21-27(42-3)18-19-31(30)43-4/h6-8,11-12,15-21,25,29H,5,9-10,13-14,22-23H2,1-4H3,(H,34,38). The van der Waals surface area contributed by atoms with Crippen LogP contribution in [0.25, 0.3) is 0 Å². The van der Waals surface area contributed by atoms with Crippen molar-refractivity contribution in [3.05, 3.63) is 78.4 Å². The van der Waals surface area contributed by atoms with Crippen LogP contribution in [0.2, 0.25) is 0 Å². The van der Waals surface area contributed by atoms with Crippen molar-refractivity contribution < 1.29 is 32.2 Å². The zero-order valence-electron chi connectivity index (χ0n) is 25.7. The van der Waals surface area contributed by atoms with E-state index >= 15 is 0 Å². The van der Waals surface area contributed by atoms with Gasteiger partial charge in [0.1, 0.15) is 29.8 Å². The zero-order chi connectivity index (χ0) is 31.7. The van der Waals surface area contributed by atoms with Crippen molar-refractivity contribution in [3.63, 3.8) is 0 Å². The van der Waals surface area contributed by atoms with Crippen LogP contribution in [0.4, 0.5) is 5.69 Å². The molecule has 3 aromatic carbocycles. The fourth-order valence-electron chi connectivity index (χ4n) is 5.48. The van der Waals surface area contributed by atoms with Crippen molar-refractivity contribution in [2.24, 2.45) is 0 Å². The lowest BCUT2D eigenvalue weighted by atomic mass is 10.1. The van der Waals surface area contributed by atoms with Gasteiger partial charge < -0.3 is 24.4 Å². The number of amides is 2. The van der Waals surface area contributed by atoms with Crippen molar-refractivity contribution >= 4 is 27.5 Å². The van der Waals surface area contributed by atoms with E-state index in [1.807, 2.05) is 19.1 Å². The van der Waals surface area contributed by atoms with Gasteiger partial charge in [-0.3, -0.25) is 13.9 Å². The molecule has 1 unspecified atom stereocenters. The van der Waals surface area contributed by atoms with Gasteiger partial charge in [-0.05, 0) is 61.2 Å². The zero-order valence-corrected chi connectivity index (χ0v) is 26.5. The van der Waals surface area contributed by atoms with Crippen LogP contribution >= 0.6 is 0 Å². The Balaban J connectivity index is 1.78. The quantitative estimate of drug-likeness (QED) is 0.275. The Hall–Kier alpha value is -4.25. The van der Waals surface area contributed by atoms with Gasteiger partial charge in [-0.1, -0.05) is 50.1 Å². The van der Waals surface area contributed by atoms with Crippen molar-refractivity contribution in [3.8, 4) is 17.2 Å². The molecule has 0 bridgehead atoms. The van der Waals surface area contributed by atoms with Gasteiger partial charge in [-0.25, -0.2) is 8.42 Å². The van der Waals surface area contributed by atoms with Gasteiger partial charge >= 0.3 is 0 Å². The largest absolute Gasteiger partial charge is 0.497 e. The molecule has 1 aliphatic carbocycles. The molecule has 1 saturated carbocycles. The number of carbonyl (C=O) groups is 2. The number of nitrogens with zero attached hydrogens (tertiary/aromatic N) is 2. The van der Waals surface area contributed by atoms with Crippen LogP contribution in [0.1, 0.15) is 44.6 Å². The second-order valence-corrected chi connectivity index (χ2v) is 12.5. The Morgan fingerprint density at radius 2 is 1.57 bits per heavy atom. The van der Waals surface area contributed by atoms with Gasteiger partial charge in [0.2, 0.25) is 11.8 Å². The maximum atomic E-state index is 14.4. The fourth-order valence-corrected chi connectivity index (χ4v) is 6.92. The molecule has 1 N–H and O–H groups in total. The molecule has 3 aromatic rings. The van der Waals surface area contributed by atoms with Crippen molar-refractivity contribution in [2.45, 2.75) is 62.6 Å². The lowest BCUT2D eigenvalue weighted by Gasteiger charge is -2.34. The number of anilines is 1. The topological polar surface area (TPSA) is 114 Å². The van der Waals surface area contributed by atoms with Crippen LogP contribution in [-0.4, -0.2) is 65.1 Å². The van der Waals surface area contributed by atoms with E-state index in [1.54, 1.807) is 49.6 Å². The molecule has 2 amide bonds. The Labute approximate surface area is 260 Å². The molecule has 4 rings (SSSR count). The second-order valence-electron chi connectivity index (χ2n) is 10.6. The molecule has 0 aromatic heterocycles. The lowest BCUT2D eigenvalue weighted by molar-refractivity contribution is -0.140. The first-order valence-electron chi connectivity index (χ1n) is 14.7. The van der Waals surface area contributed by atoms with E-state index in [-0.39, 0.29) is 34.8 Å². The molecule has 0 radical (unpaired) electrons. The molecule has 236 valence electrons. The Morgan fingerprint density at radius 1 is 0.886 bits per heavy atom. The average Bonchev–Trinajstić information content (AvgIpc) is 3.56. The number of hydrogen-bond donors (Lipinski definition) is 1. The summed E-state index contributed by atoms with van der Waals surface area (Å²) in [7, 11) is 0.186. The summed E-state index contributed by atoms with van der Waals surface area (Å²) < 4.78 is 45.7. The minimum absolute atomic E-state index is 0.00281. The number of methoxy groups -OCH3 is 3. The third-order valence-corrected chi connectivity index (χ3v) is 9.61. The summed E-state index contributed by atoms with van der Waals surface area (Å²) in [5.74, 6) is 0.422. The Kier molecular flexibility index (Phi) is 11.1. The average molecular weight is 624 g/mol. The molecular weight excluding hydrogens is 582 g/mol. The van der Waals surface area contributed by atoms with Crippen LogP contribution in [0.5, 0.6) is 17.2 Å². The van der Waals surface area contributed by atoms with E-state index < -0.39 is 28.5 Å². The normalized spacial score (nSPS) is 14.0. The molecular formula is C33H41N3O7S. The molecule has 0 spiro atoms. The van der Waals surface area contributed by atoms with Gasteiger partial charge in [0.05, 0.1) is 31.9 Å². The van der Waals surface area contributed by atoms with Crippen LogP contribution in [0.3, 0.4) is 0 Å². The molecule has 10 nitrogen and oxygen atoms in total. The summed E-state index contributed by atoms with van der Waals surface area (Å²) in [5, 5.41) is 3.12. The van der Waals surface area contributed by atoms with Crippen LogP contribution < -0.4 is 23.8 Å². The number of ether oxygens (including phenoxy) is 3. The van der Waals surface area contributed by atoms with Crippen molar-refractivity contribution in [1.29, 1.82) is 0 Å². The number of rotatable bonds is 14. The third-order valence-electron chi connectivity index (χ3n) is 7.84. The summed E-state index contributed by atoms with van der Waals surface area (Å²) in [6.07, 6.45) is 4.21. The first kappa shape index (κ1) is 32.7. The molecule has 0 aliphatic heterocycles.